The monoisotopic (exact) mass is 281 g/mol. The quantitative estimate of drug-likeness (QED) is 0.587. The maximum absolute atomic E-state index is 12.6. The minimum atomic E-state index is -0.624. The normalized spacial score (nSPS) is 18.8. The SMILES string of the molecule is COC(=O)C1=C2C=CC(C)(C)N=C2c2ccccc2C1=O. The Morgan fingerprint density at radius 1 is 1.19 bits per heavy atom. The third-order valence-corrected chi connectivity index (χ3v) is 3.63. The zero-order valence-corrected chi connectivity index (χ0v) is 12.1. The number of hydrogen-bond acceptors (Lipinski definition) is 4. The highest BCUT2D eigenvalue weighted by molar-refractivity contribution is 6.37. The molecular weight excluding hydrogens is 266 g/mol. The number of hydrogen-bond donors (Lipinski definition) is 0. The summed E-state index contributed by atoms with van der Waals surface area (Å²) in [5.74, 6) is -0.933. The summed E-state index contributed by atoms with van der Waals surface area (Å²) in [7, 11) is 1.27. The standard InChI is InChI=1S/C17H15NO3/c1-17(2)9-8-12-13(16(20)21-3)15(19)11-7-5-4-6-10(11)14(12)18-17/h4-9H,1-3H3. The van der Waals surface area contributed by atoms with Gasteiger partial charge in [-0.1, -0.05) is 36.4 Å². The Labute approximate surface area is 122 Å². The first-order chi connectivity index (χ1) is 9.94. The summed E-state index contributed by atoms with van der Waals surface area (Å²) >= 11 is 0. The van der Waals surface area contributed by atoms with Gasteiger partial charge < -0.3 is 4.74 Å². The first-order valence-corrected chi connectivity index (χ1v) is 6.71. The van der Waals surface area contributed by atoms with Crippen molar-refractivity contribution in [1.29, 1.82) is 0 Å². The number of allylic oxidation sites excluding steroid dienone is 2. The number of dihydropyridines is 1. The molecule has 1 aromatic rings. The molecule has 1 heterocycles. The van der Waals surface area contributed by atoms with E-state index in [9.17, 15) is 9.59 Å². The number of carbonyl (C=O) groups excluding carboxylic acids is 2. The van der Waals surface area contributed by atoms with Crippen molar-refractivity contribution in [3.63, 3.8) is 0 Å². The van der Waals surface area contributed by atoms with Gasteiger partial charge in [0.05, 0.1) is 18.4 Å². The minimum absolute atomic E-state index is 0.0571. The first kappa shape index (κ1) is 13.5. The molecule has 1 aliphatic heterocycles. The molecule has 0 fully saturated rings. The van der Waals surface area contributed by atoms with Gasteiger partial charge in [-0.2, -0.15) is 0 Å². The molecule has 3 rings (SSSR count). The highest BCUT2D eigenvalue weighted by atomic mass is 16.5. The molecule has 1 aromatic carbocycles. The summed E-state index contributed by atoms with van der Waals surface area (Å²) in [5, 5.41) is 0. The van der Waals surface area contributed by atoms with Crippen LogP contribution in [0.3, 0.4) is 0 Å². The largest absolute Gasteiger partial charge is 0.465 e. The molecule has 0 amide bonds. The molecule has 0 bridgehead atoms. The average Bonchev–Trinajstić information content (AvgIpc) is 2.47. The Morgan fingerprint density at radius 2 is 1.86 bits per heavy atom. The van der Waals surface area contributed by atoms with Gasteiger partial charge in [0.2, 0.25) is 5.78 Å². The third kappa shape index (κ3) is 2.03. The molecule has 21 heavy (non-hydrogen) atoms. The second-order valence-corrected chi connectivity index (χ2v) is 5.60. The topological polar surface area (TPSA) is 55.7 Å². The van der Waals surface area contributed by atoms with Gasteiger partial charge in [0.1, 0.15) is 5.57 Å². The van der Waals surface area contributed by atoms with Crippen molar-refractivity contribution in [2.45, 2.75) is 19.4 Å². The number of nitrogens with zero attached hydrogens (tertiary/aromatic N) is 1. The van der Waals surface area contributed by atoms with Crippen molar-refractivity contribution in [1.82, 2.24) is 0 Å². The number of rotatable bonds is 1. The van der Waals surface area contributed by atoms with Crippen LogP contribution in [0.2, 0.25) is 0 Å². The zero-order chi connectivity index (χ0) is 15.2. The van der Waals surface area contributed by atoms with E-state index in [0.29, 0.717) is 16.8 Å². The molecule has 0 atom stereocenters. The number of methoxy groups -OCH3 is 1. The summed E-state index contributed by atoms with van der Waals surface area (Å²) < 4.78 is 4.77. The molecule has 0 radical (unpaired) electrons. The fourth-order valence-corrected chi connectivity index (χ4v) is 2.61. The van der Waals surface area contributed by atoms with Crippen LogP contribution in [0.5, 0.6) is 0 Å². The van der Waals surface area contributed by atoms with E-state index in [-0.39, 0.29) is 16.9 Å². The van der Waals surface area contributed by atoms with Crippen molar-refractivity contribution < 1.29 is 14.3 Å². The van der Waals surface area contributed by atoms with Gasteiger partial charge >= 0.3 is 5.97 Å². The second-order valence-electron chi connectivity index (χ2n) is 5.60. The van der Waals surface area contributed by atoms with Crippen LogP contribution in [0.4, 0.5) is 0 Å². The number of ketones is 1. The number of fused-ring (bicyclic) bond motifs is 3. The van der Waals surface area contributed by atoms with E-state index in [4.69, 9.17) is 9.73 Å². The molecular formula is C17H15NO3. The molecule has 0 saturated heterocycles. The third-order valence-electron chi connectivity index (χ3n) is 3.63. The molecule has 4 nitrogen and oxygen atoms in total. The summed E-state index contributed by atoms with van der Waals surface area (Å²) in [6, 6.07) is 7.21. The Morgan fingerprint density at radius 3 is 2.52 bits per heavy atom. The van der Waals surface area contributed by atoms with Crippen LogP contribution < -0.4 is 0 Å². The van der Waals surface area contributed by atoms with E-state index in [1.54, 1.807) is 18.2 Å². The Balaban J connectivity index is 2.33. The Kier molecular flexibility index (Phi) is 2.90. The fourth-order valence-electron chi connectivity index (χ4n) is 2.61. The van der Waals surface area contributed by atoms with Crippen LogP contribution in [-0.2, 0) is 9.53 Å². The van der Waals surface area contributed by atoms with Gasteiger partial charge in [-0.3, -0.25) is 9.79 Å². The number of carbonyl (C=O) groups is 2. The summed E-state index contributed by atoms with van der Waals surface area (Å²) in [4.78, 5) is 29.3. The lowest BCUT2D eigenvalue weighted by molar-refractivity contribution is -0.135. The van der Waals surface area contributed by atoms with E-state index < -0.39 is 5.97 Å². The van der Waals surface area contributed by atoms with Crippen molar-refractivity contribution in [3.8, 4) is 0 Å². The van der Waals surface area contributed by atoms with Crippen molar-refractivity contribution in [2.24, 2.45) is 4.99 Å². The van der Waals surface area contributed by atoms with Crippen LogP contribution >= 0.6 is 0 Å². The Hall–Kier alpha value is -2.49. The van der Waals surface area contributed by atoms with Crippen LogP contribution in [0, 0.1) is 0 Å². The fraction of sp³-hybridized carbons (Fsp3) is 0.235. The van der Waals surface area contributed by atoms with E-state index >= 15 is 0 Å². The minimum Gasteiger partial charge on any atom is -0.465 e. The molecule has 0 saturated carbocycles. The van der Waals surface area contributed by atoms with Crippen LogP contribution in [-0.4, -0.2) is 30.1 Å². The average molecular weight is 281 g/mol. The van der Waals surface area contributed by atoms with Crippen LogP contribution in [0.15, 0.2) is 52.6 Å². The molecule has 0 unspecified atom stereocenters. The maximum Gasteiger partial charge on any atom is 0.342 e. The van der Waals surface area contributed by atoms with Gasteiger partial charge in [0, 0.05) is 16.7 Å². The summed E-state index contributed by atoms with van der Waals surface area (Å²) in [6.45, 7) is 3.95. The predicted molar refractivity (Wildman–Crippen MR) is 79.6 cm³/mol. The zero-order valence-electron chi connectivity index (χ0n) is 12.1. The maximum atomic E-state index is 12.6. The predicted octanol–water partition coefficient (Wildman–Crippen LogP) is 2.49. The highest BCUT2D eigenvalue weighted by Gasteiger charge is 2.36. The Bertz CT molecular complexity index is 751. The summed E-state index contributed by atoms with van der Waals surface area (Å²) in [6.07, 6.45) is 3.68. The van der Waals surface area contributed by atoms with Gasteiger partial charge in [0.15, 0.2) is 0 Å². The number of benzene rings is 1. The van der Waals surface area contributed by atoms with Crippen LogP contribution in [0.1, 0.15) is 29.8 Å². The van der Waals surface area contributed by atoms with Gasteiger partial charge in [-0.05, 0) is 13.8 Å². The smallest absolute Gasteiger partial charge is 0.342 e. The lowest BCUT2D eigenvalue weighted by Crippen LogP contribution is -2.31. The van der Waals surface area contributed by atoms with E-state index in [0.717, 1.165) is 5.56 Å². The molecule has 1 aliphatic carbocycles. The molecule has 0 spiro atoms. The number of ether oxygens (including phenoxy) is 1. The van der Waals surface area contributed by atoms with Gasteiger partial charge in [-0.15, -0.1) is 0 Å². The molecule has 0 aromatic heterocycles. The van der Waals surface area contributed by atoms with Crippen molar-refractivity contribution >= 4 is 17.5 Å². The van der Waals surface area contributed by atoms with Crippen molar-refractivity contribution in [3.05, 3.63) is 58.7 Å². The number of aliphatic imine (C=N–C) groups is 1. The lowest BCUT2D eigenvalue weighted by atomic mass is 9.80. The summed E-state index contributed by atoms with van der Waals surface area (Å²) in [5.41, 5.74) is 2.17. The first-order valence-electron chi connectivity index (χ1n) is 6.71. The second kappa shape index (κ2) is 4.52. The molecule has 2 aliphatic rings. The van der Waals surface area contributed by atoms with E-state index in [2.05, 4.69) is 0 Å². The molecule has 4 heteroatoms. The highest BCUT2D eigenvalue weighted by Crippen LogP contribution is 2.33. The number of esters is 1. The number of Topliss-reactive ketones (excluding diaryl/α,β-unsaturated/α-hetero) is 1. The molecule has 106 valence electrons. The van der Waals surface area contributed by atoms with Crippen molar-refractivity contribution in [2.75, 3.05) is 7.11 Å². The molecule has 0 N–H and O–H groups in total. The van der Waals surface area contributed by atoms with E-state index in [1.807, 2.05) is 32.1 Å². The van der Waals surface area contributed by atoms with Crippen LogP contribution in [0.25, 0.3) is 0 Å². The van der Waals surface area contributed by atoms with Gasteiger partial charge in [-0.25, -0.2) is 4.79 Å². The van der Waals surface area contributed by atoms with Gasteiger partial charge in [0.25, 0.3) is 0 Å². The van der Waals surface area contributed by atoms with E-state index in [1.165, 1.54) is 7.11 Å². The lowest BCUT2D eigenvalue weighted by Gasteiger charge is -2.28.